The van der Waals surface area contributed by atoms with Gasteiger partial charge in [-0.15, -0.1) is 0 Å². The fourth-order valence-electron chi connectivity index (χ4n) is 3.11. The molecule has 7 heteroatoms. The molecule has 2 amide bonds. The van der Waals surface area contributed by atoms with Crippen LogP contribution in [0.1, 0.15) is 36.5 Å². The quantitative estimate of drug-likeness (QED) is 0.846. The molecule has 22 heavy (non-hydrogen) atoms. The maximum absolute atomic E-state index is 12.5. The molecule has 2 fully saturated rings. The first-order valence-corrected chi connectivity index (χ1v) is 7.57. The van der Waals surface area contributed by atoms with E-state index >= 15 is 0 Å². The Hall–Kier alpha value is -2.05. The number of rotatable bonds is 3. The van der Waals surface area contributed by atoms with E-state index in [9.17, 15) is 9.59 Å². The van der Waals surface area contributed by atoms with E-state index in [4.69, 9.17) is 9.26 Å². The molecule has 3 heterocycles. The SMILES string of the molecule is CC(C)Cc1cc(C(=O)N2CCC3(CN(C)C(=O)O3)C2)on1. The lowest BCUT2D eigenvalue weighted by atomic mass is 10.0. The van der Waals surface area contributed by atoms with Crippen molar-refractivity contribution in [3.8, 4) is 0 Å². The summed E-state index contributed by atoms with van der Waals surface area (Å²) >= 11 is 0. The number of likely N-dealkylation sites (tertiary alicyclic amines) is 1. The van der Waals surface area contributed by atoms with Gasteiger partial charge in [-0.3, -0.25) is 4.79 Å². The van der Waals surface area contributed by atoms with Crippen LogP contribution in [0, 0.1) is 5.92 Å². The Morgan fingerprint density at radius 1 is 1.45 bits per heavy atom. The zero-order valence-corrected chi connectivity index (χ0v) is 13.2. The van der Waals surface area contributed by atoms with Crippen LogP contribution in [-0.2, 0) is 11.2 Å². The van der Waals surface area contributed by atoms with E-state index < -0.39 is 5.60 Å². The highest BCUT2D eigenvalue weighted by Crippen LogP contribution is 2.32. The van der Waals surface area contributed by atoms with Gasteiger partial charge < -0.3 is 19.1 Å². The van der Waals surface area contributed by atoms with Crippen LogP contribution in [-0.4, -0.2) is 59.2 Å². The summed E-state index contributed by atoms with van der Waals surface area (Å²) in [5.74, 6) is 0.520. The van der Waals surface area contributed by atoms with E-state index in [1.807, 2.05) is 0 Å². The van der Waals surface area contributed by atoms with Gasteiger partial charge >= 0.3 is 6.09 Å². The molecule has 3 rings (SSSR count). The van der Waals surface area contributed by atoms with Crippen molar-refractivity contribution in [2.75, 3.05) is 26.7 Å². The standard InChI is InChI=1S/C15H21N3O4/c1-10(2)6-11-7-12(22-16-11)13(19)18-5-4-15(9-18)8-17(3)14(20)21-15/h7,10H,4-6,8-9H2,1-3H3. The zero-order chi connectivity index (χ0) is 15.9. The minimum absolute atomic E-state index is 0.190. The lowest BCUT2D eigenvalue weighted by Gasteiger charge is -2.21. The predicted octanol–water partition coefficient (Wildman–Crippen LogP) is 1.54. The summed E-state index contributed by atoms with van der Waals surface area (Å²) < 4.78 is 10.6. The number of ether oxygens (including phenoxy) is 1. The number of amides is 2. The van der Waals surface area contributed by atoms with Crippen molar-refractivity contribution < 1.29 is 18.8 Å². The molecule has 7 nitrogen and oxygen atoms in total. The molecular formula is C15H21N3O4. The largest absolute Gasteiger partial charge is 0.439 e. The molecule has 2 aliphatic heterocycles. The normalized spacial score (nSPS) is 24.6. The minimum atomic E-state index is -0.567. The Bertz CT molecular complexity index is 597. The van der Waals surface area contributed by atoms with E-state index in [1.54, 1.807) is 22.9 Å². The first-order valence-electron chi connectivity index (χ1n) is 7.57. The summed E-state index contributed by atoms with van der Waals surface area (Å²) in [7, 11) is 1.70. The predicted molar refractivity (Wildman–Crippen MR) is 77.4 cm³/mol. The Balaban J connectivity index is 1.67. The Morgan fingerprint density at radius 2 is 2.23 bits per heavy atom. The molecule has 2 saturated heterocycles. The minimum Gasteiger partial charge on any atom is -0.439 e. The molecule has 0 aromatic carbocycles. The topological polar surface area (TPSA) is 75.9 Å². The van der Waals surface area contributed by atoms with Crippen LogP contribution >= 0.6 is 0 Å². The first kappa shape index (κ1) is 14.9. The molecule has 120 valence electrons. The monoisotopic (exact) mass is 307 g/mol. The second-order valence-corrected chi connectivity index (χ2v) is 6.66. The highest BCUT2D eigenvalue weighted by molar-refractivity contribution is 5.91. The third kappa shape index (κ3) is 2.67. The third-order valence-corrected chi connectivity index (χ3v) is 4.13. The molecule has 1 aromatic heterocycles. The molecule has 0 N–H and O–H groups in total. The van der Waals surface area contributed by atoms with Crippen LogP contribution < -0.4 is 0 Å². The molecule has 0 aliphatic carbocycles. The van der Waals surface area contributed by atoms with Crippen molar-refractivity contribution in [3.05, 3.63) is 17.5 Å². The first-order chi connectivity index (χ1) is 10.4. The number of carbonyl (C=O) groups is 2. The summed E-state index contributed by atoms with van der Waals surface area (Å²) in [6.07, 6.45) is 1.11. The second-order valence-electron chi connectivity index (χ2n) is 6.66. The van der Waals surface area contributed by atoms with Gasteiger partial charge in [-0.1, -0.05) is 19.0 Å². The van der Waals surface area contributed by atoms with Gasteiger partial charge in [0.1, 0.15) is 0 Å². The number of hydrogen-bond donors (Lipinski definition) is 0. The smallest absolute Gasteiger partial charge is 0.410 e. The average Bonchev–Trinajstić information content (AvgIpc) is 3.11. The zero-order valence-electron chi connectivity index (χ0n) is 13.2. The molecule has 0 saturated carbocycles. The van der Waals surface area contributed by atoms with Crippen molar-refractivity contribution >= 4 is 12.0 Å². The van der Waals surface area contributed by atoms with Gasteiger partial charge in [0, 0.05) is 26.1 Å². The lowest BCUT2D eigenvalue weighted by Crippen LogP contribution is -2.39. The molecule has 1 aromatic rings. The highest BCUT2D eigenvalue weighted by Gasteiger charge is 2.49. The van der Waals surface area contributed by atoms with Crippen molar-refractivity contribution in [1.29, 1.82) is 0 Å². The third-order valence-electron chi connectivity index (χ3n) is 4.13. The van der Waals surface area contributed by atoms with Gasteiger partial charge in [0.15, 0.2) is 5.60 Å². The Kier molecular flexibility index (Phi) is 3.58. The lowest BCUT2D eigenvalue weighted by molar-refractivity contribution is 0.0534. The van der Waals surface area contributed by atoms with Crippen LogP contribution in [0.2, 0.25) is 0 Å². The second kappa shape index (κ2) is 5.30. The summed E-state index contributed by atoms with van der Waals surface area (Å²) in [4.78, 5) is 27.3. The number of nitrogens with zero attached hydrogens (tertiary/aromatic N) is 3. The highest BCUT2D eigenvalue weighted by atomic mass is 16.6. The Morgan fingerprint density at radius 3 is 2.86 bits per heavy atom. The number of likely N-dealkylation sites (N-methyl/N-ethyl adjacent to an activating group) is 1. The van der Waals surface area contributed by atoms with Crippen LogP contribution in [0.15, 0.2) is 10.6 Å². The van der Waals surface area contributed by atoms with E-state index in [0.717, 1.165) is 12.1 Å². The van der Waals surface area contributed by atoms with Gasteiger partial charge in [-0.25, -0.2) is 4.79 Å². The van der Waals surface area contributed by atoms with Crippen LogP contribution in [0.3, 0.4) is 0 Å². The molecule has 2 aliphatic rings. The molecule has 0 bridgehead atoms. The van der Waals surface area contributed by atoms with Gasteiger partial charge in [0.25, 0.3) is 5.91 Å². The molecule has 0 radical (unpaired) electrons. The van der Waals surface area contributed by atoms with Gasteiger partial charge in [0.2, 0.25) is 5.76 Å². The van der Waals surface area contributed by atoms with Gasteiger partial charge in [-0.05, 0) is 12.3 Å². The fourth-order valence-corrected chi connectivity index (χ4v) is 3.11. The van der Waals surface area contributed by atoms with Gasteiger partial charge in [-0.2, -0.15) is 0 Å². The number of aromatic nitrogens is 1. The average molecular weight is 307 g/mol. The van der Waals surface area contributed by atoms with Crippen LogP contribution in [0.4, 0.5) is 4.79 Å². The maximum atomic E-state index is 12.5. The van der Waals surface area contributed by atoms with Crippen molar-refractivity contribution in [2.24, 2.45) is 5.92 Å². The molecule has 1 atom stereocenters. The summed E-state index contributed by atoms with van der Waals surface area (Å²) in [6.45, 7) is 5.66. The maximum Gasteiger partial charge on any atom is 0.410 e. The van der Waals surface area contributed by atoms with Crippen molar-refractivity contribution in [2.45, 2.75) is 32.3 Å². The summed E-state index contributed by atoms with van der Waals surface area (Å²) in [5.41, 5.74) is 0.224. The van der Waals surface area contributed by atoms with Crippen LogP contribution in [0.25, 0.3) is 0 Å². The van der Waals surface area contributed by atoms with E-state index in [2.05, 4.69) is 19.0 Å². The van der Waals surface area contributed by atoms with E-state index in [0.29, 0.717) is 32.0 Å². The summed E-state index contributed by atoms with van der Waals surface area (Å²) in [6, 6.07) is 1.71. The van der Waals surface area contributed by atoms with E-state index in [-0.39, 0.29) is 17.8 Å². The van der Waals surface area contributed by atoms with Gasteiger partial charge in [0.05, 0.1) is 18.8 Å². The van der Waals surface area contributed by atoms with Crippen LogP contribution in [0.5, 0.6) is 0 Å². The van der Waals surface area contributed by atoms with E-state index in [1.165, 1.54) is 0 Å². The Labute approximate surface area is 129 Å². The molecular weight excluding hydrogens is 286 g/mol. The molecule has 1 unspecified atom stereocenters. The van der Waals surface area contributed by atoms with Crippen molar-refractivity contribution in [3.63, 3.8) is 0 Å². The number of hydrogen-bond acceptors (Lipinski definition) is 5. The van der Waals surface area contributed by atoms with Crippen molar-refractivity contribution in [1.82, 2.24) is 15.0 Å². The summed E-state index contributed by atoms with van der Waals surface area (Å²) in [5, 5.41) is 3.95. The molecule has 1 spiro atoms. The fraction of sp³-hybridized carbons (Fsp3) is 0.667. The number of carbonyl (C=O) groups excluding carboxylic acids is 2.